The van der Waals surface area contributed by atoms with E-state index < -0.39 is 9.84 Å². The van der Waals surface area contributed by atoms with E-state index in [9.17, 15) is 13.2 Å². The van der Waals surface area contributed by atoms with Crippen molar-refractivity contribution >= 4 is 21.4 Å². The first-order valence-corrected chi connectivity index (χ1v) is 12.2. The standard InChI is InChI=1S/C23H28N2O5S/c1-16-10-17(2)12-18(11-16)25-22-15-31(27,28)14-21(22)24(13-23(25)26)8-9-30-20-6-4-19(29-3)5-7-20/h4-7,10-12,21-22H,8-9,13-15H2,1-3H3/t21-,22+/m0/s1. The zero-order chi connectivity index (χ0) is 22.2. The number of rotatable bonds is 6. The van der Waals surface area contributed by atoms with Crippen LogP contribution in [0.3, 0.4) is 0 Å². The van der Waals surface area contributed by atoms with E-state index in [1.165, 1.54) is 0 Å². The summed E-state index contributed by atoms with van der Waals surface area (Å²) in [5.74, 6) is 1.44. The molecule has 2 aromatic carbocycles. The van der Waals surface area contributed by atoms with Crippen LogP contribution < -0.4 is 14.4 Å². The van der Waals surface area contributed by atoms with Gasteiger partial charge in [-0.05, 0) is 61.4 Å². The lowest BCUT2D eigenvalue weighted by Crippen LogP contribution is -2.62. The summed E-state index contributed by atoms with van der Waals surface area (Å²) in [5.41, 5.74) is 2.88. The molecule has 31 heavy (non-hydrogen) atoms. The molecule has 2 aromatic rings. The zero-order valence-corrected chi connectivity index (χ0v) is 18.9. The van der Waals surface area contributed by atoms with Crippen molar-refractivity contribution in [2.75, 3.05) is 43.2 Å². The molecule has 2 saturated heterocycles. The molecule has 166 valence electrons. The summed E-state index contributed by atoms with van der Waals surface area (Å²) in [4.78, 5) is 16.8. The van der Waals surface area contributed by atoms with E-state index in [-0.39, 0.29) is 36.0 Å². The van der Waals surface area contributed by atoms with Gasteiger partial charge in [-0.2, -0.15) is 0 Å². The highest BCUT2D eigenvalue weighted by molar-refractivity contribution is 7.91. The highest BCUT2D eigenvalue weighted by Gasteiger charge is 2.49. The van der Waals surface area contributed by atoms with Crippen LogP contribution in [0.25, 0.3) is 0 Å². The molecular formula is C23H28N2O5S. The highest BCUT2D eigenvalue weighted by atomic mass is 32.2. The number of piperazine rings is 1. The predicted molar refractivity (Wildman–Crippen MR) is 120 cm³/mol. The summed E-state index contributed by atoms with van der Waals surface area (Å²) in [5, 5.41) is 0. The Morgan fingerprint density at radius 1 is 0.968 bits per heavy atom. The molecule has 7 nitrogen and oxygen atoms in total. The smallest absolute Gasteiger partial charge is 0.241 e. The van der Waals surface area contributed by atoms with Crippen molar-refractivity contribution in [1.82, 2.24) is 4.90 Å². The van der Waals surface area contributed by atoms with E-state index in [2.05, 4.69) is 0 Å². The van der Waals surface area contributed by atoms with Crippen molar-refractivity contribution in [2.45, 2.75) is 25.9 Å². The summed E-state index contributed by atoms with van der Waals surface area (Å²) in [7, 11) is -1.61. The summed E-state index contributed by atoms with van der Waals surface area (Å²) >= 11 is 0. The fourth-order valence-corrected chi connectivity index (χ4v) is 6.56. The van der Waals surface area contributed by atoms with E-state index in [0.29, 0.717) is 18.9 Å². The lowest BCUT2D eigenvalue weighted by molar-refractivity contribution is -0.123. The third kappa shape index (κ3) is 4.70. The predicted octanol–water partition coefficient (Wildman–Crippen LogP) is 2.21. The van der Waals surface area contributed by atoms with Crippen molar-refractivity contribution in [3.63, 3.8) is 0 Å². The van der Waals surface area contributed by atoms with E-state index in [1.807, 2.05) is 61.2 Å². The topological polar surface area (TPSA) is 76.2 Å². The van der Waals surface area contributed by atoms with Gasteiger partial charge in [-0.25, -0.2) is 8.42 Å². The minimum Gasteiger partial charge on any atom is -0.497 e. The average Bonchev–Trinajstić information content (AvgIpc) is 3.02. The number of carbonyl (C=O) groups excluding carboxylic acids is 1. The Hall–Kier alpha value is -2.58. The highest BCUT2D eigenvalue weighted by Crippen LogP contribution is 2.32. The van der Waals surface area contributed by atoms with Crippen LogP contribution >= 0.6 is 0 Å². The number of sulfone groups is 1. The Labute approximate surface area is 183 Å². The van der Waals surface area contributed by atoms with Crippen LogP contribution in [0.2, 0.25) is 0 Å². The number of methoxy groups -OCH3 is 1. The van der Waals surface area contributed by atoms with Gasteiger partial charge in [-0.3, -0.25) is 9.69 Å². The first-order valence-electron chi connectivity index (χ1n) is 10.4. The van der Waals surface area contributed by atoms with Crippen LogP contribution in [0.4, 0.5) is 5.69 Å². The van der Waals surface area contributed by atoms with Crippen molar-refractivity contribution in [2.24, 2.45) is 0 Å². The molecule has 2 aliphatic rings. The number of hydrogen-bond donors (Lipinski definition) is 0. The van der Waals surface area contributed by atoms with Crippen LogP contribution in [0.5, 0.6) is 11.5 Å². The van der Waals surface area contributed by atoms with Crippen molar-refractivity contribution in [1.29, 1.82) is 0 Å². The SMILES string of the molecule is COc1ccc(OCCN2CC(=O)N(c3cc(C)cc(C)c3)[C@@H]3CS(=O)(=O)C[C@@H]32)cc1. The first-order chi connectivity index (χ1) is 14.8. The first kappa shape index (κ1) is 21.6. The third-order valence-electron chi connectivity index (χ3n) is 5.89. The molecule has 8 heteroatoms. The molecule has 0 aromatic heterocycles. The Balaban J connectivity index is 1.50. The molecule has 4 rings (SSSR count). The second-order valence-corrected chi connectivity index (χ2v) is 10.5. The van der Waals surface area contributed by atoms with Crippen LogP contribution in [-0.4, -0.2) is 69.6 Å². The van der Waals surface area contributed by atoms with Gasteiger partial charge in [0, 0.05) is 18.3 Å². The monoisotopic (exact) mass is 444 g/mol. The molecule has 0 aliphatic carbocycles. The van der Waals surface area contributed by atoms with Crippen LogP contribution in [0, 0.1) is 13.8 Å². The molecule has 2 heterocycles. The summed E-state index contributed by atoms with van der Waals surface area (Å²) in [6.07, 6.45) is 0. The van der Waals surface area contributed by atoms with Crippen molar-refractivity contribution in [3.05, 3.63) is 53.6 Å². The Morgan fingerprint density at radius 3 is 2.23 bits per heavy atom. The zero-order valence-electron chi connectivity index (χ0n) is 18.1. The number of aryl methyl sites for hydroxylation is 2. The van der Waals surface area contributed by atoms with Crippen molar-refractivity contribution < 1.29 is 22.7 Å². The maximum Gasteiger partial charge on any atom is 0.241 e. The normalized spacial score (nSPS) is 22.9. The fraction of sp³-hybridized carbons (Fsp3) is 0.435. The average molecular weight is 445 g/mol. The van der Waals surface area contributed by atoms with Gasteiger partial charge in [0.15, 0.2) is 9.84 Å². The molecule has 0 unspecified atom stereocenters. The summed E-state index contributed by atoms with van der Waals surface area (Å²) in [6, 6.07) is 12.6. The second-order valence-electron chi connectivity index (χ2n) is 8.32. The van der Waals surface area contributed by atoms with Crippen LogP contribution in [0.15, 0.2) is 42.5 Å². The number of carbonyl (C=O) groups is 1. The van der Waals surface area contributed by atoms with Gasteiger partial charge < -0.3 is 14.4 Å². The number of benzene rings is 2. The Kier molecular flexibility index (Phi) is 5.94. The quantitative estimate of drug-likeness (QED) is 0.680. The van der Waals surface area contributed by atoms with Gasteiger partial charge in [0.2, 0.25) is 5.91 Å². The van der Waals surface area contributed by atoms with Crippen molar-refractivity contribution in [3.8, 4) is 11.5 Å². The lowest BCUT2D eigenvalue weighted by atomic mass is 10.0. The maximum atomic E-state index is 13.1. The van der Waals surface area contributed by atoms with E-state index in [4.69, 9.17) is 9.47 Å². The largest absolute Gasteiger partial charge is 0.497 e. The molecular weight excluding hydrogens is 416 g/mol. The van der Waals surface area contributed by atoms with Gasteiger partial charge >= 0.3 is 0 Å². The maximum absolute atomic E-state index is 13.1. The molecule has 0 N–H and O–H groups in total. The van der Waals surface area contributed by atoms with E-state index in [0.717, 1.165) is 22.6 Å². The second kappa shape index (κ2) is 8.51. The molecule has 2 fully saturated rings. The molecule has 0 radical (unpaired) electrons. The van der Waals surface area contributed by atoms with Gasteiger partial charge in [-0.15, -0.1) is 0 Å². The Morgan fingerprint density at radius 2 is 1.58 bits per heavy atom. The minimum absolute atomic E-state index is 0.00771. The number of ether oxygens (including phenoxy) is 2. The molecule has 1 amide bonds. The van der Waals surface area contributed by atoms with Gasteiger partial charge in [-0.1, -0.05) is 6.07 Å². The van der Waals surface area contributed by atoms with Gasteiger partial charge in [0.05, 0.1) is 31.2 Å². The number of fused-ring (bicyclic) bond motifs is 1. The number of hydrogen-bond acceptors (Lipinski definition) is 6. The third-order valence-corrected chi connectivity index (χ3v) is 7.59. The van der Waals surface area contributed by atoms with Crippen LogP contribution in [-0.2, 0) is 14.6 Å². The molecule has 0 saturated carbocycles. The molecule has 0 spiro atoms. The lowest BCUT2D eigenvalue weighted by Gasteiger charge is -2.43. The van der Waals surface area contributed by atoms with Gasteiger partial charge in [0.1, 0.15) is 18.1 Å². The summed E-state index contributed by atoms with van der Waals surface area (Å²) < 4.78 is 36.0. The number of anilines is 1. The van der Waals surface area contributed by atoms with E-state index >= 15 is 0 Å². The number of amides is 1. The molecule has 0 bridgehead atoms. The van der Waals surface area contributed by atoms with E-state index in [1.54, 1.807) is 12.0 Å². The summed E-state index contributed by atoms with van der Waals surface area (Å²) in [6.45, 7) is 4.99. The molecule has 2 atom stereocenters. The van der Waals surface area contributed by atoms with Crippen LogP contribution in [0.1, 0.15) is 11.1 Å². The molecule has 2 aliphatic heterocycles. The fourth-order valence-electron chi connectivity index (χ4n) is 4.58. The Bertz CT molecular complexity index is 1050. The number of nitrogens with zero attached hydrogens (tertiary/aromatic N) is 2. The van der Waals surface area contributed by atoms with Gasteiger partial charge in [0.25, 0.3) is 0 Å². The minimum atomic E-state index is -3.22.